The second kappa shape index (κ2) is 11.2. The van der Waals surface area contributed by atoms with Crippen LogP contribution in [0, 0.1) is 0 Å². The number of carbonyl (C=O) groups is 1. The SMILES string of the molecule is COCCOCCOCCC(S)C(=O)OC. The van der Waals surface area contributed by atoms with Crippen LogP contribution >= 0.6 is 12.6 Å². The van der Waals surface area contributed by atoms with Gasteiger partial charge in [-0.25, -0.2) is 0 Å². The van der Waals surface area contributed by atoms with Gasteiger partial charge in [0.25, 0.3) is 0 Å². The number of ether oxygens (including phenoxy) is 4. The quantitative estimate of drug-likeness (QED) is 0.349. The van der Waals surface area contributed by atoms with Crippen LogP contribution in [0.1, 0.15) is 6.42 Å². The van der Waals surface area contributed by atoms with Gasteiger partial charge in [-0.05, 0) is 6.42 Å². The zero-order valence-corrected chi connectivity index (χ0v) is 10.7. The Morgan fingerprint density at radius 1 is 1.06 bits per heavy atom. The van der Waals surface area contributed by atoms with Crippen LogP contribution in [0.15, 0.2) is 0 Å². The van der Waals surface area contributed by atoms with Gasteiger partial charge in [-0.1, -0.05) is 0 Å². The lowest BCUT2D eigenvalue weighted by Crippen LogP contribution is -2.19. The van der Waals surface area contributed by atoms with Gasteiger partial charge in [0.15, 0.2) is 0 Å². The molecule has 0 fully saturated rings. The maximum atomic E-state index is 11.0. The summed E-state index contributed by atoms with van der Waals surface area (Å²) in [5.74, 6) is -0.330. The smallest absolute Gasteiger partial charge is 0.318 e. The molecule has 0 aliphatic rings. The highest BCUT2D eigenvalue weighted by molar-refractivity contribution is 7.81. The van der Waals surface area contributed by atoms with Gasteiger partial charge in [-0.3, -0.25) is 4.79 Å². The Labute approximate surface area is 102 Å². The molecule has 0 aliphatic carbocycles. The molecule has 0 spiro atoms. The highest BCUT2D eigenvalue weighted by atomic mass is 32.1. The first kappa shape index (κ1) is 15.7. The van der Waals surface area contributed by atoms with Crippen molar-refractivity contribution >= 4 is 18.6 Å². The van der Waals surface area contributed by atoms with E-state index in [-0.39, 0.29) is 5.97 Å². The molecule has 96 valence electrons. The first-order chi connectivity index (χ1) is 7.72. The highest BCUT2D eigenvalue weighted by Gasteiger charge is 2.13. The second-order valence-corrected chi connectivity index (χ2v) is 3.67. The minimum atomic E-state index is -0.417. The van der Waals surface area contributed by atoms with E-state index in [2.05, 4.69) is 17.4 Å². The Morgan fingerprint density at radius 3 is 2.19 bits per heavy atom. The number of rotatable bonds is 10. The summed E-state index contributed by atoms with van der Waals surface area (Å²) in [5, 5.41) is -0.417. The highest BCUT2D eigenvalue weighted by Crippen LogP contribution is 2.03. The van der Waals surface area contributed by atoms with Crippen LogP contribution < -0.4 is 0 Å². The van der Waals surface area contributed by atoms with Crippen LogP contribution in [0.25, 0.3) is 0 Å². The molecule has 0 aromatic rings. The first-order valence-corrected chi connectivity index (χ1v) is 5.64. The Kier molecular flexibility index (Phi) is 11.0. The minimum absolute atomic E-state index is 0.330. The molecule has 0 bridgehead atoms. The monoisotopic (exact) mass is 252 g/mol. The molecule has 0 saturated heterocycles. The zero-order valence-electron chi connectivity index (χ0n) is 9.81. The zero-order chi connectivity index (χ0) is 12.2. The average molecular weight is 252 g/mol. The summed E-state index contributed by atoms with van der Waals surface area (Å²) in [5.41, 5.74) is 0. The fourth-order valence-electron chi connectivity index (χ4n) is 0.913. The van der Waals surface area contributed by atoms with E-state index in [4.69, 9.17) is 14.2 Å². The van der Waals surface area contributed by atoms with E-state index in [9.17, 15) is 4.79 Å². The summed E-state index contributed by atoms with van der Waals surface area (Å²) in [6.45, 7) is 2.65. The van der Waals surface area contributed by atoms with E-state index < -0.39 is 5.25 Å². The van der Waals surface area contributed by atoms with Crippen molar-refractivity contribution in [3.05, 3.63) is 0 Å². The lowest BCUT2D eigenvalue weighted by molar-refractivity contribution is -0.140. The Balaban J connectivity index is 3.17. The van der Waals surface area contributed by atoms with Gasteiger partial charge in [0, 0.05) is 13.7 Å². The van der Waals surface area contributed by atoms with Crippen LogP contribution in [-0.4, -0.2) is 58.5 Å². The molecule has 0 aromatic carbocycles. The van der Waals surface area contributed by atoms with Gasteiger partial charge in [-0.2, -0.15) is 12.6 Å². The molecule has 0 saturated carbocycles. The fourth-order valence-corrected chi connectivity index (χ4v) is 1.12. The molecule has 16 heavy (non-hydrogen) atoms. The number of methoxy groups -OCH3 is 2. The number of hydrogen-bond acceptors (Lipinski definition) is 6. The molecule has 0 aromatic heterocycles. The molecular weight excluding hydrogens is 232 g/mol. The number of hydrogen-bond donors (Lipinski definition) is 1. The second-order valence-electron chi connectivity index (χ2n) is 3.05. The third-order valence-electron chi connectivity index (χ3n) is 1.81. The molecule has 0 amide bonds. The summed E-state index contributed by atoms with van der Waals surface area (Å²) in [6, 6.07) is 0. The third-order valence-corrected chi connectivity index (χ3v) is 2.28. The molecule has 0 aliphatic heterocycles. The maximum Gasteiger partial charge on any atom is 0.318 e. The van der Waals surface area contributed by atoms with Gasteiger partial charge in [0.05, 0.1) is 33.5 Å². The predicted molar refractivity (Wildman–Crippen MR) is 62.9 cm³/mol. The normalized spacial score (nSPS) is 12.4. The Morgan fingerprint density at radius 2 is 1.62 bits per heavy atom. The Bertz CT molecular complexity index is 177. The van der Waals surface area contributed by atoms with E-state index in [1.54, 1.807) is 7.11 Å². The van der Waals surface area contributed by atoms with Gasteiger partial charge in [0.1, 0.15) is 5.25 Å². The van der Waals surface area contributed by atoms with Crippen molar-refractivity contribution in [2.24, 2.45) is 0 Å². The standard InChI is InChI=1S/C10H20O5S/c1-12-5-6-15-8-7-14-4-3-9(16)10(11)13-2/h9,16H,3-8H2,1-2H3. The van der Waals surface area contributed by atoms with Crippen LogP contribution in [-0.2, 0) is 23.7 Å². The summed E-state index contributed by atoms with van der Waals surface area (Å²) in [7, 11) is 2.97. The van der Waals surface area contributed by atoms with Crippen molar-refractivity contribution < 1.29 is 23.7 Å². The first-order valence-electron chi connectivity index (χ1n) is 5.12. The predicted octanol–water partition coefficient (Wildman–Crippen LogP) is 0.528. The summed E-state index contributed by atoms with van der Waals surface area (Å²) < 4.78 is 19.8. The molecule has 1 atom stereocenters. The van der Waals surface area contributed by atoms with E-state index in [1.807, 2.05) is 0 Å². The number of esters is 1. The summed E-state index contributed by atoms with van der Waals surface area (Å²) in [6.07, 6.45) is 0.536. The minimum Gasteiger partial charge on any atom is -0.468 e. The maximum absolute atomic E-state index is 11.0. The molecule has 5 nitrogen and oxygen atoms in total. The molecule has 6 heteroatoms. The van der Waals surface area contributed by atoms with E-state index in [0.29, 0.717) is 39.5 Å². The van der Waals surface area contributed by atoms with Crippen LogP contribution in [0.4, 0.5) is 0 Å². The van der Waals surface area contributed by atoms with Crippen LogP contribution in [0.2, 0.25) is 0 Å². The van der Waals surface area contributed by atoms with Gasteiger partial charge in [-0.15, -0.1) is 0 Å². The summed E-state index contributed by atoms with van der Waals surface area (Å²) in [4.78, 5) is 11.0. The molecule has 1 unspecified atom stereocenters. The van der Waals surface area contributed by atoms with E-state index >= 15 is 0 Å². The van der Waals surface area contributed by atoms with Crippen molar-refractivity contribution in [1.29, 1.82) is 0 Å². The molecular formula is C10H20O5S. The van der Waals surface area contributed by atoms with Crippen molar-refractivity contribution in [3.8, 4) is 0 Å². The largest absolute Gasteiger partial charge is 0.468 e. The van der Waals surface area contributed by atoms with Crippen molar-refractivity contribution in [2.45, 2.75) is 11.7 Å². The fraction of sp³-hybridized carbons (Fsp3) is 0.900. The van der Waals surface area contributed by atoms with Crippen molar-refractivity contribution in [1.82, 2.24) is 0 Å². The average Bonchev–Trinajstić information content (AvgIpc) is 2.31. The van der Waals surface area contributed by atoms with Crippen molar-refractivity contribution in [3.63, 3.8) is 0 Å². The third kappa shape index (κ3) is 8.96. The molecule has 0 N–H and O–H groups in total. The van der Waals surface area contributed by atoms with E-state index in [1.165, 1.54) is 7.11 Å². The summed E-state index contributed by atoms with van der Waals surface area (Å²) >= 11 is 4.07. The van der Waals surface area contributed by atoms with Gasteiger partial charge < -0.3 is 18.9 Å². The van der Waals surface area contributed by atoms with Crippen molar-refractivity contribution in [2.75, 3.05) is 47.3 Å². The molecule has 0 heterocycles. The topological polar surface area (TPSA) is 54.0 Å². The van der Waals surface area contributed by atoms with E-state index in [0.717, 1.165) is 0 Å². The van der Waals surface area contributed by atoms with Gasteiger partial charge >= 0.3 is 5.97 Å². The van der Waals surface area contributed by atoms with Crippen LogP contribution in [0.5, 0.6) is 0 Å². The number of carbonyl (C=O) groups excluding carboxylic acids is 1. The lowest BCUT2D eigenvalue weighted by atomic mass is 10.3. The van der Waals surface area contributed by atoms with Gasteiger partial charge in [0.2, 0.25) is 0 Å². The molecule has 0 rings (SSSR count). The number of thiol groups is 1. The molecule has 0 radical (unpaired) electrons. The van der Waals surface area contributed by atoms with Crippen LogP contribution in [0.3, 0.4) is 0 Å². The lowest BCUT2D eigenvalue weighted by Gasteiger charge is -2.09. The Hall–Kier alpha value is -0.300.